The topological polar surface area (TPSA) is 33.5 Å². The number of furan rings is 1. The van der Waals surface area contributed by atoms with Crippen molar-refractivity contribution in [3.63, 3.8) is 0 Å². The molecule has 0 unspecified atom stereocenters. The Morgan fingerprint density at radius 3 is 2.86 bits per heavy atom. The first-order valence-electron chi connectivity index (χ1n) is 4.97. The molecule has 3 nitrogen and oxygen atoms in total. The number of amides is 1. The lowest BCUT2D eigenvalue weighted by Crippen LogP contribution is -2.42. The zero-order chi connectivity index (χ0) is 10.2. The van der Waals surface area contributed by atoms with E-state index in [0.29, 0.717) is 5.76 Å². The number of carbonyl (C=O) groups excluding carboxylic acids is 1. The number of carbonyl (C=O) groups is 1. The van der Waals surface area contributed by atoms with Crippen LogP contribution in [0.1, 0.15) is 37.2 Å². The third-order valence-electron chi connectivity index (χ3n) is 2.88. The molecule has 1 aliphatic heterocycles. The molecule has 1 aromatic rings. The van der Waals surface area contributed by atoms with Gasteiger partial charge in [-0.2, -0.15) is 0 Å². The summed E-state index contributed by atoms with van der Waals surface area (Å²) in [5.41, 5.74) is -0.0239. The second-order valence-corrected chi connectivity index (χ2v) is 4.35. The average Bonchev–Trinajstić information content (AvgIpc) is 2.71. The van der Waals surface area contributed by atoms with E-state index in [-0.39, 0.29) is 11.4 Å². The van der Waals surface area contributed by atoms with Gasteiger partial charge in [-0.1, -0.05) is 0 Å². The van der Waals surface area contributed by atoms with Gasteiger partial charge in [-0.15, -0.1) is 0 Å². The van der Waals surface area contributed by atoms with Gasteiger partial charge in [0.2, 0.25) is 0 Å². The molecule has 0 saturated carbocycles. The van der Waals surface area contributed by atoms with Gasteiger partial charge in [-0.05, 0) is 38.8 Å². The minimum absolute atomic E-state index is 0.0116. The maximum absolute atomic E-state index is 12.0. The van der Waals surface area contributed by atoms with Crippen LogP contribution in [-0.2, 0) is 0 Å². The molecule has 0 spiro atoms. The Labute approximate surface area is 83.7 Å². The second kappa shape index (κ2) is 3.15. The lowest BCUT2D eigenvalue weighted by atomic mass is 10.0. The molecule has 1 amide bonds. The summed E-state index contributed by atoms with van der Waals surface area (Å²) in [4.78, 5) is 13.9. The molecule has 0 radical (unpaired) electrons. The van der Waals surface area contributed by atoms with Crippen LogP contribution in [0.3, 0.4) is 0 Å². The van der Waals surface area contributed by atoms with Crippen molar-refractivity contribution in [1.29, 1.82) is 0 Å². The first kappa shape index (κ1) is 9.31. The molecule has 2 heterocycles. The average molecular weight is 193 g/mol. The maximum Gasteiger partial charge on any atom is 0.289 e. The third kappa shape index (κ3) is 1.43. The Kier molecular flexibility index (Phi) is 2.10. The van der Waals surface area contributed by atoms with Crippen LogP contribution in [0.5, 0.6) is 0 Å². The number of nitrogens with zero attached hydrogens (tertiary/aromatic N) is 1. The van der Waals surface area contributed by atoms with Crippen LogP contribution >= 0.6 is 0 Å². The van der Waals surface area contributed by atoms with Crippen LogP contribution in [0.2, 0.25) is 0 Å². The summed E-state index contributed by atoms with van der Waals surface area (Å²) in [5.74, 6) is 0.456. The van der Waals surface area contributed by atoms with Gasteiger partial charge in [0.05, 0.1) is 6.26 Å². The van der Waals surface area contributed by atoms with Crippen molar-refractivity contribution < 1.29 is 9.21 Å². The van der Waals surface area contributed by atoms with Crippen molar-refractivity contribution in [3.8, 4) is 0 Å². The molecule has 2 rings (SSSR count). The molecular weight excluding hydrogens is 178 g/mol. The number of hydrogen-bond donors (Lipinski definition) is 0. The van der Waals surface area contributed by atoms with Gasteiger partial charge in [0.15, 0.2) is 5.76 Å². The van der Waals surface area contributed by atoms with Crippen molar-refractivity contribution in [1.82, 2.24) is 4.90 Å². The molecule has 14 heavy (non-hydrogen) atoms. The van der Waals surface area contributed by atoms with E-state index in [9.17, 15) is 4.79 Å². The number of hydrogen-bond acceptors (Lipinski definition) is 2. The summed E-state index contributed by atoms with van der Waals surface area (Å²) in [6, 6.07) is 3.47. The summed E-state index contributed by atoms with van der Waals surface area (Å²) in [5, 5.41) is 0. The molecule has 1 aliphatic rings. The van der Waals surface area contributed by atoms with Crippen LogP contribution in [-0.4, -0.2) is 22.9 Å². The lowest BCUT2D eigenvalue weighted by Gasteiger charge is -2.30. The maximum atomic E-state index is 12.0. The van der Waals surface area contributed by atoms with E-state index in [1.54, 1.807) is 12.1 Å². The largest absolute Gasteiger partial charge is 0.459 e. The summed E-state index contributed by atoms with van der Waals surface area (Å²) in [6.45, 7) is 5.04. The van der Waals surface area contributed by atoms with Gasteiger partial charge in [-0.25, -0.2) is 0 Å². The number of likely N-dealkylation sites (tertiary alicyclic amines) is 1. The number of rotatable bonds is 1. The first-order valence-corrected chi connectivity index (χ1v) is 4.97. The van der Waals surface area contributed by atoms with Gasteiger partial charge >= 0.3 is 0 Å². The van der Waals surface area contributed by atoms with Crippen molar-refractivity contribution in [2.75, 3.05) is 6.54 Å². The smallest absolute Gasteiger partial charge is 0.289 e. The van der Waals surface area contributed by atoms with Crippen LogP contribution in [0.4, 0.5) is 0 Å². The Morgan fingerprint density at radius 1 is 1.57 bits per heavy atom. The highest BCUT2D eigenvalue weighted by Gasteiger charge is 2.36. The molecule has 76 valence electrons. The van der Waals surface area contributed by atoms with E-state index in [1.807, 2.05) is 4.90 Å². The highest BCUT2D eigenvalue weighted by molar-refractivity contribution is 5.92. The summed E-state index contributed by atoms with van der Waals surface area (Å²) >= 11 is 0. The van der Waals surface area contributed by atoms with Gasteiger partial charge in [0.25, 0.3) is 5.91 Å². The zero-order valence-electron chi connectivity index (χ0n) is 8.62. The molecule has 1 fully saturated rings. The second-order valence-electron chi connectivity index (χ2n) is 4.35. The van der Waals surface area contributed by atoms with E-state index in [2.05, 4.69) is 13.8 Å². The Morgan fingerprint density at radius 2 is 2.36 bits per heavy atom. The fraction of sp³-hybridized carbons (Fsp3) is 0.545. The van der Waals surface area contributed by atoms with Gasteiger partial charge in [-0.3, -0.25) is 4.79 Å². The van der Waals surface area contributed by atoms with Gasteiger partial charge in [0, 0.05) is 12.1 Å². The standard InChI is InChI=1S/C11H15NO2/c1-11(2)6-4-7-12(11)10(13)9-5-3-8-14-9/h3,5,8H,4,6-7H2,1-2H3. The zero-order valence-corrected chi connectivity index (χ0v) is 8.62. The minimum Gasteiger partial charge on any atom is -0.459 e. The minimum atomic E-state index is -0.0239. The van der Waals surface area contributed by atoms with Crippen LogP contribution in [0.25, 0.3) is 0 Å². The predicted octanol–water partition coefficient (Wildman–Crippen LogP) is 2.29. The third-order valence-corrected chi connectivity index (χ3v) is 2.88. The Hall–Kier alpha value is -1.25. The Bertz CT molecular complexity index is 327. The molecule has 0 aromatic carbocycles. The Balaban J connectivity index is 2.20. The molecule has 0 atom stereocenters. The van der Waals surface area contributed by atoms with E-state index >= 15 is 0 Å². The van der Waals surface area contributed by atoms with Gasteiger partial charge in [0.1, 0.15) is 0 Å². The summed E-state index contributed by atoms with van der Waals surface area (Å²) < 4.78 is 5.11. The van der Waals surface area contributed by atoms with E-state index in [1.165, 1.54) is 6.26 Å². The van der Waals surface area contributed by atoms with Crippen LogP contribution in [0, 0.1) is 0 Å². The monoisotopic (exact) mass is 193 g/mol. The van der Waals surface area contributed by atoms with Crippen molar-refractivity contribution in [2.24, 2.45) is 0 Å². The molecule has 0 aliphatic carbocycles. The van der Waals surface area contributed by atoms with Crippen molar-refractivity contribution in [3.05, 3.63) is 24.2 Å². The van der Waals surface area contributed by atoms with Gasteiger partial charge < -0.3 is 9.32 Å². The van der Waals surface area contributed by atoms with Crippen LogP contribution in [0.15, 0.2) is 22.8 Å². The van der Waals surface area contributed by atoms with E-state index in [4.69, 9.17) is 4.42 Å². The fourth-order valence-corrected chi connectivity index (χ4v) is 2.02. The predicted molar refractivity (Wildman–Crippen MR) is 53.1 cm³/mol. The molecule has 0 N–H and O–H groups in total. The van der Waals surface area contributed by atoms with Crippen molar-refractivity contribution >= 4 is 5.91 Å². The highest BCUT2D eigenvalue weighted by Crippen LogP contribution is 2.29. The summed E-state index contributed by atoms with van der Waals surface area (Å²) in [6.07, 6.45) is 3.69. The fourth-order valence-electron chi connectivity index (χ4n) is 2.02. The SMILES string of the molecule is CC1(C)CCCN1C(=O)c1ccco1. The molecule has 1 saturated heterocycles. The molecule has 1 aromatic heterocycles. The van der Waals surface area contributed by atoms with Crippen LogP contribution < -0.4 is 0 Å². The van der Waals surface area contributed by atoms with Crippen molar-refractivity contribution in [2.45, 2.75) is 32.2 Å². The highest BCUT2D eigenvalue weighted by atomic mass is 16.3. The molecule has 0 bridgehead atoms. The van der Waals surface area contributed by atoms with E-state index in [0.717, 1.165) is 19.4 Å². The summed E-state index contributed by atoms with van der Waals surface area (Å²) in [7, 11) is 0. The quantitative estimate of drug-likeness (QED) is 0.685. The normalized spacial score (nSPS) is 20.0. The lowest BCUT2D eigenvalue weighted by molar-refractivity contribution is 0.0619. The van der Waals surface area contributed by atoms with E-state index < -0.39 is 0 Å². The molecular formula is C11H15NO2. The molecule has 3 heteroatoms. The first-order chi connectivity index (χ1) is 6.61.